The molecule has 0 N–H and O–H groups in total. The van der Waals surface area contributed by atoms with Gasteiger partial charge in [-0.05, 0) is 42.5 Å². The van der Waals surface area contributed by atoms with E-state index in [9.17, 15) is 18.0 Å². The highest BCUT2D eigenvalue weighted by molar-refractivity contribution is 7.98. The standard InChI is InChI=1S/C21H20F3N3O2S/c1-3-9-29-16-6-4-5-14(10-16)12-27-13-15(7-8-19(27)28)17-11-18(21(22,23)24)26-20(25-17)30-2/h4-8,10-11,13H,3,9,12H2,1-2H3. The maximum Gasteiger partial charge on any atom is 0.433 e. The molecular formula is C21H20F3N3O2S. The van der Waals surface area contributed by atoms with Crippen molar-refractivity contribution in [2.45, 2.75) is 31.2 Å². The van der Waals surface area contributed by atoms with Gasteiger partial charge >= 0.3 is 6.18 Å². The van der Waals surface area contributed by atoms with Gasteiger partial charge in [0.15, 0.2) is 5.16 Å². The molecule has 3 rings (SSSR count). The van der Waals surface area contributed by atoms with Gasteiger partial charge < -0.3 is 9.30 Å². The first kappa shape index (κ1) is 21.9. The first-order chi connectivity index (χ1) is 14.3. The number of aromatic nitrogens is 3. The molecule has 158 valence electrons. The van der Waals surface area contributed by atoms with E-state index in [1.165, 1.54) is 22.9 Å². The molecular weight excluding hydrogens is 415 g/mol. The summed E-state index contributed by atoms with van der Waals surface area (Å²) in [6, 6.07) is 11.0. The largest absolute Gasteiger partial charge is 0.494 e. The fraction of sp³-hybridized carbons (Fsp3) is 0.286. The number of ether oxygens (including phenoxy) is 1. The number of nitrogens with zero attached hydrogens (tertiary/aromatic N) is 3. The molecule has 0 radical (unpaired) electrons. The first-order valence-corrected chi connectivity index (χ1v) is 10.5. The second-order valence-electron chi connectivity index (χ2n) is 6.50. The van der Waals surface area contributed by atoms with E-state index in [0.717, 1.165) is 29.8 Å². The molecule has 2 heterocycles. The number of thioether (sulfide) groups is 1. The Kier molecular flexibility index (Phi) is 6.81. The molecule has 5 nitrogen and oxygen atoms in total. The Morgan fingerprint density at radius 3 is 2.63 bits per heavy atom. The van der Waals surface area contributed by atoms with Crippen molar-refractivity contribution < 1.29 is 17.9 Å². The minimum atomic E-state index is -4.59. The van der Waals surface area contributed by atoms with Crippen molar-refractivity contribution >= 4 is 11.8 Å². The second-order valence-corrected chi connectivity index (χ2v) is 7.28. The normalized spacial score (nSPS) is 11.5. The zero-order valence-corrected chi connectivity index (χ0v) is 17.3. The molecule has 0 spiro atoms. The van der Waals surface area contributed by atoms with E-state index in [1.54, 1.807) is 6.26 Å². The van der Waals surface area contributed by atoms with Crippen molar-refractivity contribution in [2.75, 3.05) is 12.9 Å². The highest BCUT2D eigenvalue weighted by atomic mass is 32.2. The summed E-state index contributed by atoms with van der Waals surface area (Å²) in [6.45, 7) is 2.85. The lowest BCUT2D eigenvalue weighted by molar-refractivity contribution is -0.141. The second kappa shape index (κ2) is 9.34. The average Bonchev–Trinajstić information content (AvgIpc) is 2.73. The summed E-state index contributed by atoms with van der Waals surface area (Å²) in [5.74, 6) is 0.703. The highest BCUT2D eigenvalue weighted by Crippen LogP contribution is 2.31. The number of hydrogen-bond donors (Lipinski definition) is 0. The molecule has 0 bridgehead atoms. The molecule has 30 heavy (non-hydrogen) atoms. The third-order valence-corrected chi connectivity index (χ3v) is 4.73. The lowest BCUT2D eigenvalue weighted by Gasteiger charge is -2.12. The van der Waals surface area contributed by atoms with Crippen LogP contribution in [-0.4, -0.2) is 27.4 Å². The molecule has 0 aliphatic rings. The Bertz CT molecular complexity index is 1080. The molecule has 0 atom stereocenters. The van der Waals surface area contributed by atoms with Crippen LogP contribution in [0.1, 0.15) is 24.6 Å². The minimum Gasteiger partial charge on any atom is -0.494 e. The summed E-state index contributed by atoms with van der Waals surface area (Å²) in [4.78, 5) is 20.0. The predicted octanol–water partition coefficient (Wildman–Crippen LogP) is 4.88. The lowest BCUT2D eigenvalue weighted by Crippen LogP contribution is -2.19. The average molecular weight is 435 g/mol. The van der Waals surface area contributed by atoms with Crippen molar-refractivity contribution in [3.63, 3.8) is 0 Å². The molecule has 3 aromatic rings. The van der Waals surface area contributed by atoms with Crippen LogP contribution in [0.5, 0.6) is 5.75 Å². The van der Waals surface area contributed by atoms with Crippen LogP contribution < -0.4 is 10.3 Å². The molecule has 0 unspecified atom stereocenters. The molecule has 0 amide bonds. The van der Waals surface area contributed by atoms with Crippen LogP contribution >= 0.6 is 11.8 Å². The number of rotatable bonds is 7. The van der Waals surface area contributed by atoms with Gasteiger partial charge in [0.1, 0.15) is 11.4 Å². The fourth-order valence-electron chi connectivity index (χ4n) is 2.77. The number of hydrogen-bond acceptors (Lipinski definition) is 5. The Morgan fingerprint density at radius 1 is 1.13 bits per heavy atom. The maximum absolute atomic E-state index is 13.2. The number of halogens is 3. The topological polar surface area (TPSA) is 57.0 Å². The van der Waals surface area contributed by atoms with Crippen LogP contribution in [0.3, 0.4) is 0 Å². The van der Waals surface area contributed by atoms with E-state index >= 15 is 0 Å². The van der Waals surface area contributed by atoms with Gasteiger partial charge in [0, 0.05) is 17.8 Å². The molecule has 9 heteroatoms. The van der Waals surface area contributed by atoms with Crippen LogP contribution in [0.2, 0.25) is 0 Å². The van der Waals surface area contributed by atoms with Gasteiger partial charge in [-0.3, -0.25) is 4.79 Å². The van der Waals surface area contributed by atoms with Gasteiger partial charge in [-0.1, -0.05) is 30.8 Å². The van der Waals surface area contributed by atoms with Crippen molar-refractivity contribution in [2.24, 2.45) is 0 Å². The third kappa shape index (κ3) is 5.41. The number of benzene rings is 1. The third-order valence-electron chi connectivity index (χ3n) is 4.18. The van der Waals surface area contributed by atoms with E-state index in [1.807, 2.05) is 31.2 Å². The number of alkyl halides is 3. The minimum absolute atomic E-state index is 0.0124. The molecule has 0 aliphatic carbocycles. The van der Waals surface area contributed by atoms with Crippen LogP contribution in [0.15, 0.2) is 58.6 Å². The van der Waals surface area contributed by atoms with Gasteiger partial charge in [-0.2, -0.15) is 13.2 Å². The Balaban J connectivity index is 1.96. The SMILES string of the molecule is CCCOc1cccc(Cn2cc(-c3cc(C(F)(F)F)nc(SC)n3)ccc2=O)c1. The Morgan fingerprint density at radius 2 is 1.93 bits per heavy atom. The van der Waals surface area contributed by atoms with Gasteiger partial charge in [-0.15, -0.1) is 0 Å². The van der Waals surface area contributed by atoms with Crippen LogP contribution in [0, 0.1) is 0 Å². The van der Waals surface area contributed by atoms with E-state index < -0.39 is 11.9 Å². The lowest BCUT2D eigenvalue weighted by atomic mass is 10.1. The van der Waals surface area contributed by atoms with Gasteiger partial charge in [0.05, 0.1) is 18.8 Å². The van der Waals surface area contributed by atoms with Crippen molar-refractivity contribution in [1.29, 1.82) is 0 Å². The van der Waals surface area contributed by atoms with Crippen LogP contribution in [-0.2, 0) is 12.7 Å². The quantitative estimate of drug-likeness (QED) is 0.391. The monoisotopic (exact) mass is 435 g/mol. The van der Waals surface area contributed by atoms with Gasteiger partial charge in [-0.25, -0.2) is 9.97 Å². The van der Waals surface area contributed by atoms with Gasteiger partial charge in [0.25, 0.3) is 5.56 Å². The fourth-order valence-corrected chi connectivity index (χ4v) is 3.15. The van der Waals surface area contributed by atoms with E-state index in [4.69, 9.17) is 4.74 Å². The predicted molar refractivity (Wildman–Crippen MR) is 110 cm³/mol. The van der Waals surface area contributed by atoms with E-state index in [2.05, 4.69) is 9.97 Å². The van der Waals surface area contributed by atoms with Crippen molar-refractivity contribution in [1.82, 2.24) is 14.5 Å². The molecule has 2 aromatic heterocycles. The molecule has 0 saturated heterocycles. The molecule has 1 aromatic carbocycles. The van der Waals surface area contributed by atoms with Crippen LogP contribution in [0.25, 0.3) is 11.3 Å². The Labute approximate surface area is 175 Å². The zero-order chi connectivity index (χ0) is 21.7. The summed E-state index contributed by atoms with van der Waals surface area (Å²) in [5, 5.41) is 0.0124. The summed E-state index contributed by atoms with van der Waals surface area (Å²) >= 11 is 1.02. The number of pyridine rings is 1. The van der Waals surface area contributed by atoms with Crippen molar-refractivity contribution in [3.05, 3.63) is 70.3 Å². The molecule has 0 aliphatic heterocycles. The maximum atomic E-state index is 13.2. The summed E-state index contributed by atoms with van der Waals surface area (Å²) < 4.78 is 46.6. The van der Waals surface area contributed by atoms with E-state index in [-0.39, 0.29) is 23.0 Å². The van der Waals surface area contributed by atoms with E-state index in [0.29, 0.717) is 17.9 Å². The summed E-state index contributed by atoms with van der Waals surface area (Å²) in [6.07, 6.45) is -0.597. The summed E-state index contributed by atoms with van der Waals surface area (Å²) in [5.41, 5.74) is 0.0576. The zero-order valence-electron chi connectivity index (χ0n) is 16.4. The molecule has 0 saturated carbocycles. The highest BCUT2D eigenvalue weighted by Gasteiger charge is 2.33. The smallest absolute Gasteiger partial charge is 0.433 e. The molecule has 0 fully saturated rings. The van der Waals surface area contributed by atoms with Crippen LogP contribution in [0.4, 0.5) is 13.2 Å². The first-order valence-electron chi connectivity index (χ1n) is 9.23. The van der Waals surface area contributed by atoms with Crippen molar-refractivity contribution in [3.8, 4) is 17.0 Å². The Hall–Kier alpha value is -2.81. The summed E-state index contributed by atoms with van der Waals surface area (Å²) in [7, 11) is 0. The van der Waals surface area contributed by atoms with Gasteiger partial charge in [0.2, 0.25) is 0 Å².